The Hall–Kier alpha value is -1.35. The van der Waals surface area contributed by atoms with Crippen LogP contribution < -0.4 is 10.6 Å². The summed E-state index contributed by atoms with van der Waals surface area (Å²) in [5.74, 6) is 0.745. The first-order valence-electron chi connectivity index (χ1n) is 9.63. The SMILES string of the molecule is CN=C(NCc1ccccc1-c1ccc(Cl)cc1)NCC1(CCO)CCOC1.I. The molecule has 1 atom stereocenters. The fraction of sp³-hybridized carbons (Fsp3) is 0.409. The summed E-state index contributed by atoms with van der Waals surface area (Å²) < 4.78 is 5.56. The van der Waals surface area contributed by atoms with Crippen LogP contribution in [0.25, 0.3) is 11.1 Å². The van der Waals surface area contributed by atoms with Crippen LogP contribution in [0.2, 0.25) is 5.02 Å². The van der Waals surface area contributed by atoms with Crippen molar-refractivity contribution < 1.29 is 9.84 Å². The topological polar surface area (TPSA) is 65.9 Å². The second kappa shape index (κ2) is 11.7. The molecule has 0 spiro atoms. The van der Waals surface area contributed by atoms with E-state index in [-0.39, 0.29) is 36.0 Å². The van der Waals surface area contributed by atoms with E-state index < -0.39 is 0 Å². The number of hydrogen-bond acceptors (Lipinski definition) is 3. The van der Waals surface area contributed by atoms with Gasteiger partial charge in [-0.25, -0.2) is 0 Å². The van der Waals surface area contributed by atoms with E-state index in [9.17, 15) is 5.11 Å². The average Bonchev–Trinajstić information content (AvgIpc) is 3.18. The lowest BCUT2D eigenvalue weighted by Crippen LogP contribution is -2.44. The molecule has 1 saturated heterocycles. The highest BCUT2D eigenvalue weighted by Crippen LogP contribution is 2.31. The number of aliphatic hydroxyl groups is 1. The third kappa shape index (κ3) is 6.57. The van der Waals surface area contributed by atoms with Crippen molar-refractivity contribution in [1.82, 2.24) is 10.6 Å². The predicted octanol–water partition coefficient (Wildman–Crippen LogP) is 4.08. The Balaban J connectivity index is 0.00000300. The maximum atomic E-state index is 9.38. The lowest BCUT2D eigenvalue weighted by Gasteiger charge is -2.27. The molecule has 0 aliphatic carbocycles. The molecular formula is C22H29ClIN3O2. The van der Waals surface area contributed by atoms with Crippen LogP contribution in [0.3, 0.4) is 0 Å². The Morgan fingerprint density at radius 3 is 2.59 bits per heavy atom. The number of halogens is 2. The van der Waals surface area contributed by atoms with E-state index >= 15 is 0 Å². The van der Waals surface area contributed by atoms with Crippen LogP contribution in [0.1, 0.15) is 18.4 Å². The second-order valence-electron chi connectivity index (χ2n) is 7.22. The number of nitrogens with one attached hydrogen (secondary N) is 2. The van der Waals surface area contributed by atoms with Crippen LogP contribution in [-0.2, 0) is 11.3 Å². The van der Waals surface area contributed by atoms with Crippen LogP contribution in [0.15, 0.2) is 53.5 Å². The van der Waals surface area contributed by atoms with Gasteiger partial charge in [0.1, 0.15) is 0 Å². The van der Waals surface area contributed by atoms with Gasteiger partial charge < -0.3 is 20.5 Å². The molecule has 3 rings (SSSR count). The Morgan fingerprint density at radius 2 is 1.93 bits per heavy atom. The summed E-state index contributed by atoms with van der Waals surface area (Å²) in [4.78, 5) is 4.34. The summed E-state index contributed by atoms with van der Waals surface area (Å²) in [6.45, 7) is 2.98. The van der Waals surface area contributed by atoms with Gasteiger partial charge in [0.25, 0.3) is 0 Å². The molecule has 2 aromatic rings. The van der Waals surface area contributed by atoms with Crippen LogP contribution in [0.4, 0.5) is 0 Å². The van der Waals surface area contributed by atoms with Crippen molar-refractivity contribution in [3.63, 3.8) is 0 Å². The van der Waals surface area contributed by atoms with E-state index in [0.29, 0.717) is 13.2 Å². The minimum Gasteiger partial charge on any atom is -0.396 e. The number of hydrogen-bond donors (Lipinski definition) is 3. The zero-order valence-electron chi connectivity index (χ0n) is 16.7. The molecule has 1 aliphatic rings. The number of rotatable bonds is 7. The molecule has 1 heterocycles. The molecule has 0 aromatic heterocycles. The summed E-state index contributed by atoms with van der Waals surface area (Å²) in [6.07, 6.45) is 1.69. The highest BCUT2D eigenvalue weighted by molar-refractivity contribution is 14.0. The van der Waals surface area contributed by atoms with E-state index in [1.54, 1.807) is 7.05 Å². The minimum absolute atomic E-state index is 0. The first-order chi connectivity index (χ1) is 13.7. The summed E-state index contributed by atoms with van der Waals surface area (Å²) in [6, 6.07) is 16.2. The molecule has 2 aromatic carbocycles. The van der Waals surface area contributed by atoms with Gasteiger partial charge in [0.15, 0.2) is 5.96 Å². The third-order valence-electron chi connectivity index (χ3n) is 5.30. The van der Waals surface area contributed by atoms with Gasteiger partial charge in [-0.05, 0) is 41.7 Å². The monoisotopic (exact) mass is 529 g/mol. The summed E-state index contributed by atoms with van der Waals surface area (Å²) in [5.41, 5.74) is 3.47. The molecule has 0 saturated carbocycles. The van der Waals surface area contributed by atoms with E-state index in [2.05, 4.69) is 27.8 Å². The van der Waals surface area contributed by atoms with Gasteiger partial charge in [-0.15, -0.1) is 24.0 Å². The van der Waals surface area contributed by atoms with Crippen molar-refractivity contribution in [1.29, 1.82) is 0 Å². The zero-order valence-corrected chi connectivity index (χ0v) is 19.7. The normalized spacial score (nSPS) is 18.9. The maximum absolute atomic E-state index is 9.38. The van der Waals surface area contributed by atoms with Crippen molar-refractivity contribution in [3.8, 4) is 11.1 Å². The van der Waals surface area contributed by atoms with E-state index in [1.165, 1.54) is 11.1 Å². The van der Waals surface area contributed by atoms with E-state index in [0.717, 1.165) is 42.5 Å². The predicted molar refractivity (Wildman–Crippen MR) is 130 cm³/mol. The first kappa shape index (κ1) is 23.9. The fourth-order valence-electron chi connectivity index (χ4n) is 3.57. The number of guanidine groups is 1. The van der Waals surface area contributed by atoms with Crippen molar-refractivity contribution in [3.05, 3.63) is 59.1 Å². The van der Waals surface area contributed by atoms with Gasteiger partial charge in [0, 0.05) is 43.8 Å². The number of aliphatic imine (C=N–C) groups is 1. The van der Waals surface area contributed by atoms with Crippen molar-refractivity contribution in [2.45, 2.75) is 19.4 Å². The zero-order chi connectivity index (χ0) is 19.8. The standard InChI is InChI=1S/C22H28ClN3O2.HI/c1-24-21(26-15-22(10-12-27)11-13-28-16-22)25-14-18-4-2-3-5-20(18)17-6-8-19(23)9-7-17;/h2-9,27H,10-16H2,1H3,(H2,24,25,26);1H. The number of benzene rings is 2. The Morgan fingerprint density at radius 1 is 1.17 bits per heavy atom. The third-order valence-corrected chi connectivity index (χ3v) is 5.55. The van der Waals surface area contributed by atoms with Crippen LogP contribution in [0.5, 0.6) is 0 Å². The molecular weight excluding hydrogens is 501 g/mol. The minimum atomic E-state index is -0.0203. The Labute approximate surface area is 194 Å². The van der Waals surface area contributed by atoms with Gasteiger partial charge in [0.2, 0.25) is 0 Å². The lowest BCUT2D eigenvalue weighted by molar-refractivity contribution is 0.127. The fourth-order valence-corrected chi connectivity index (χ4v) is 3.69. The molecule has 5 nitrogen and oxygen atoms in total. The summed E-state index contributed by atoms with van der Waals surface area (Å²) in [5, 5.41) is 16.9. The van der Waals surface area contributed by atoms with Gasteiger partial charge in [0.05, 0.1) is 6.61 Å². The van der Waals surface area contributed by atoms with E-state index in [4.69, 9.17) is 16.3 Å². The molecule has 1 unspecified atom stereocenters. The molecule has 0 bridgehead atoms. The van der Waals surface area contributed by atoms with Crippen molar-refractivity contribution >= 4 is 41.5 Å². The molecule has 3 N–H and O–H groups in total. The average molecular weight is 530 g/mol. The largest absolute Gasteiger partial charge is 0.396 e. The van der Waals surface area contributed by atoms with Crippen molar-refractivity contribution in [2.24, 2.45) is 10.4 Å². The first-order valence-corrected chi connectivity index (χ1v) is 10.0. The molecule has 1 fully saturated rings. The van der Waals surface area contributed by atoms with E-state index in [1.807, 2.05) is 36.4 Å². The highest BCUT2D eigenvalue weighted by Gasteiger charge is 2.34. The van der Waals surface area contributed by atoms with Crippen molar-refractivity contribution in [2.75, 3.05) is 33.4 Å². The maximum Gasteiger partial charge on any atom is 0.191 e. The quantitative estimate of drug-likeness (QED) is 0.287. The smallest absolute Gasteiger partial charge is 0.191 e. The lowest BCUT2D eigenvalue weighted by atomic mass is 9.84. The van der Waals surface area contributed by atoms with Crippen LogP contribution >= 0.6 is 35.6 Å². The number of ether oxygens (including phenoxy) is 1. The molecule has 29 heavy (non-hydrogen) atoms. The van der Waals surface area contributed by atoms with Gasteiger partial charge in [-0.3, -0.25) is 4.99 Å². The van der Waals surface area contributed by atoms with Gasteiger partial charge in [-0.1, -0.05) is 48.0 Å². The van der Waals surface area contributed by atoms with Crippen LogP contribution in [-0.4, -0.2) is 44.5 Å². The highest BCUT2D eigenvalue weighted by atomic mass is 127. The Bertz CT molecular complexity index is 793. The number of nitrogens with zero attached hydrogens (tertiary/aromatic N) is 1. The molecule has 1 aliphatic heterocycles. The molecule has 0 radical (unpaired) electrons. The summed E-state index contributed by atoms with van der Waals surface area (Å²) in [7, 11) is 1.77. The van der Waals surface area contributed by atoms with Gasteiger partial charge >= 0.3 is 0 Å². The molecule has 7 heteroatoms. The van der Waals surface area contributed by atoms with Crippen LogP contribution in [0, 0.1) is 5.41 Å². The molecule has 158 valence electrons. The number of aliphatic hydroxyl groups excluding tert-OH is 1. The Kier molecular flexibility index (Phi) is 9.68. The molecule has 0 amide bonds. The van der Waals surface area contributed by atoms with Gasteiger partial charge in [-0.2, -0.15) is 0 Å². The summed E-state index contributed by atoms with van der Waals surface area (Å²) >= 11 is 6.02. The second-order valence-corrected chi connectivity index (χ2v) is 7.66.